The number of nitrogens with zero attached hydrogens (tertiary/aromatic N) is 4. The van der Waals surface area contributed by atoms with E-state index >= 15 is 0 Å². The smallest absolute Gasteiger partial charge is 0.160 e. The quantitative estimate of drug-likeness (QED) is 0.168. The highest BCUT2D eigenvalue weighted by atomic mass is 15.0. The summed E-state index contributed by atoms with van der Waals surface area (Å²) in [5.74, 6) is 0.712. The van der Waals surface area contributed by atoms with Gasteiger partial charge in [-0.15, -0.1) is 0 Å². The minimum atomic E-state index is 0.712. The summed E-state index contributed by atoms with van der Waals surface area (Å²) >= 11 is 0. The van der Waals surface area contributed by atoms with Gasteiger partial charge < -0.3 is 4.57 Å². The highest BCUT2D eigenvalue weighted by Gasteiger charge is 2.20. The molecule has 0 fully saturated rings. The van der Waals surface area contributed by atoms with Crippen molar-refractivity contribution in [2.75, 3.05) is 0 Å². The third-order valence-corrected chi connectivity index (χ3v) is 10.8. The molecule has 0 aliphatic heterocycles. The molecule has 11 rings (SSSR count). The summed E-state index contributed by atoms with van der Waals surface area (Å²) in [6.45, 7) is 0. The van der Waals surface area contributed by atoms with Crippen LogP contribution in [0.5, 0.6) is 0 Å². The molecule has 0 N–H and O–H groups in total. The third-order valence-electron chi connectivity index (χ3n) is 10.8. The fourth-order valence-corrected chi connectivity index (χ4v) is 8.24. The number of aromatic nitrogens is 4. The molecule has 3 aromatic heterocycles. The Morgan fingerprint density at radius 2 is 0.891 bits per heavy atom. The Morgan fingerprint density at radius 1 is 0.309 bits per heavy atom. The fourth-order valence-electron chi connectivity index (χ4n) is 8.24. The summed E-state index contributed by atoms with van der Waals surface area (Å²) in [4.78, 5) is 15.5. The number of para-hydroxylation sites is 3. The summed E-state index contributed by atoms with van der Waals surface area (Å²) in [5.41, 5.74) is 12.7. The van der Waals surface area contributed by atoms with Crippen LogP contribution in [0.4, 0.5) is 0 Å². The molecule has 4 nitrogen and oxygen atoms in total. The van der Waals surface area contributed by atoms with Crippen LogP contribution in [-0.4, -0.2) is 19.5 Å². The van der Waals surface area contributed by atoms with Crippen molar-refractivity contribution < 1.29 is 0 Å². The van der Waals surface area contributed by atoms with E-state index in [1.165, 1.54) is 27.2 Å². The van der Waals surface area contributed by atoms with Crippen molar-refractivity contribution >= 4 is 54.4 Å². The number of benzene rings is 8. The van der Waals surface area contributed by atoms with Crippen LogP contribution in [0.2, 0.25) is 0 Å². The van der Waals surface area contributed by atoms with Crippen LogP contribution in [-0.2, 0) is 0 Å². The summed E-state index contributed by atoms with van der Waals surface area (Å²) in [6, 6.07) is 68.4. The fraction of sp³-hybridized carbons (Fsp3) is 0. The molecule has 0 unspecified atom stereocenters. The van der Waals surface area contributed by atoms with Gasteiger partial charge in [0.1, 0.15) is 0 Å². The molecule has 0 bridgehead atoms. The molecular formula is C51H32N4. The van der Waals surface area contributed by atoms with E-state index in [1.54, 1.807) is 0 Å². The molecule has 0 spiro atoms. The Morgan fingerprint density at radius 3 is 1.64 bits per heavy atom. The molecule has 55 heavy (non-hydrogen) atoms. The van der Waals surface area contributed by atoms with Gasteiger partial charge in [0, 0.05) is 54.7 Å². The third kappa shape index (κ3) is 5.11. The number of fused-ring (bicyclic) bond motifs is 8. The molecule has 4 heteroatoms. The maximum atomic E-state index is 5.35. The van der Waals surface area contributed by atoms with Crippen LogP contribution in [0.3, 0.4) is 0 Å². The maximum absolute atomic E-state index is 5.35. The molecule has 8 aromatic carbocycles. The molecule has 11 aromatic rings. The lowest BCUT2D eigenvalue weighted by atomic mass is 9.94. The van der Waals surface area contributed by atoms with E-state index in [0.717, 1.165) is 72.1 Å². The molecule has 3 heterocycles. The normalized spacial score (nSPS) is 11.6. The molecular weight excluding hydrogens is 669 g/mol. The molecule has 0 amide bonds. The minimum Gasteiger partial charge on any atom is -0.309 e. The summed E-state index contributed by atoms with van der Waals surface area (Å²) < 4.78 is 2.39. The first kappa shape index (κ1) is 31.1. The Balaban J connectivity index is 1.12. The average molecular weight is 701 g/mol. The van der Waals surface area contributed by atoms with Gasteiger partial charge in [-0.2, -0.15) is 0 Å². The second-order valence-corrected chi connectivity index (χ2v) is 14.0. The van der Waals surface area contributed by atoms with Gasteiger partial charge in [-0.25, -0.2) is 15.0 Å². The van der Waals surface area contributed by atoms with Crippen molar-refractivity contribution in [2.24, 2.45) is 0 Å². The van der Waals surface area contributed by atoms with Gasteiger partial charge >= 0.3 is 0 Å². The van der Waals surface area contributed by atoms with Gasteiger partial charge in [0.15, 0.2) is 5.82 Å². The molecule has 0 radical (unpaired) electrons. The second kappa shape index (κ2) is 12.6. The highest BCUT2D eigenvalue weighted by Crippen LogP contribution is 2.43. The Bertz CT molecular complexity index is 3220. The van der Waals surface area contributed by atoms with E-state index in [1.807, 2.05) is 18.2 Å². The predicted octanol–water partition coefficient (Wildman–Crippen LogP) is 13.1. The topological polar surface area (TPSA) is 43.6 Å². The number of hydrogen-bond acceptors (Lipinski definition) is 3. The molecule has 0 aliphatic rings. The van der Waals surface area contributed by atoms with E-state index in [-0.39, 0.29) is 0 Å². The second-order valence-electron chi connectivity index (χ2n) is 14.0. The number of pyridine rings is 1. The van der Waals surface area contributed by atoms with Crippen LogP contribution in [0.15, 0.2) is 194 Å². The first-order valence-electron chi connectivity index (χ1n) is 18.6. The standard InChI is InChI=1S/C51H32N4/c1-4-14-34(15-5-1)49-39-20-10-12-22-43(39)53-51(54-49)36-26-24-33(25-27-36)37-28-30-44-42(32-37)47-41(50(52-44)35-16-6-2-7-17-35)29-31-46-48(47)40-21-11-13-23-45(40)55(46)38-18-8-3-9-19-38/h1-32H. The molecule has 0 atom stereocenters. The van der Waals surface area contributed by atoms with Gasteiger partial charge in [-0.1, -0.05) is 152 Å². The Hall–Kier alpha value is -7.43. The lowest BCUT2D eigenvalue weighted by Crippen LogP contribution is -1.95. The highest BCUT2D eigenvalue weighted by molar-refractivity contribution is 6.29. The molecule has 0 saturated carbocycles. The lowest BCUT2D eigenvalue weighted by molar-refractivity contribution is 1.18. The summed E-state index contributed by atoms with van der Waals surface area (Å²) in [7, 11) is 0. The first-order chi connectivity index (χ1) is 27.3. The molecule has 256 valence electrons. The zero-order valence-corrected chi connectivity index (χ0v) is 29.8. The van der Waals surface area contributed by atoms with Gasteiger partial charge in [-0.3, -0.25) is 0 Å². The Kier molecular flexibility index (Phi) is 7.14. The van der Waals surface area contributed by atoms with Gasteiger partial charge in [-0.05, 0) is 53.6 Å². The first-order valence-corrected chi connectivity index (χ1v) is 18.6. The van der Waals surface area contributed by atoms with Crippen molar-refractivity contribution in [1.82, 2.24) is 19.5 Å². The molecule has 0 aliphatic carbocycles. The van der Waals surface area contributed by atoms with Crippen molar-refractivity contribution in [1.29, 1.82) is 0 Å². The van der Waals surface area contributed by atoms with Crippen LogP contribution in [0.1, 0.15) is 0 Å². The summed E-state index contributed by atoms with van der Waals surface area (Å²) in [5, 5.41) is 6.97. The van der Waals surface area contributed by atoms with Crippen molar-refractivity contribution in [3.8, 4) is 50.7 Å². The molecule has 0 saturated heterocycles. The van der Waals surface area contributed by atoms with E-state index in [2.05, 4.69) is 180 Å². The van der Waals surface area contributed by atoms with E-state index in [4.69, 9.17) is 15.0 Å². The van der Waals surface area contributed by atoms with E-state index < -0.39 is 0 Å². The number of hydrogen-bond donors (Lipinski definition) is 0. The average Bonchev–Trinajstić information content (AvgIpc) is 3.61. The SMILES string of the molecule is c1ccc(-c2nc(-c3ccc(-c4ccc5nc(-c6ccccc6)c6ccc7c(c8ccccc8n7-c7ccccc7)c6c5c4)cc3)nc3ccccc23)cc1. The summed E-state index contributed by atoms with van der Waals surface area (Å²) in [6.07, 6.45) is 0. The van der Waals surface area contributed by atoms with Gasteiger partial charge in [0.25, 0.3) is 0 Å². The van der Waals surface area contributed by atoms with E-state index in [9.17, 15) is 0 Å². The van der Waals surface area contributed by atoms with Gasteiger partial charge in [0.05, 0.1) is 33.5 Å². The number of rotatable bonds is 5. The van der Waals surface area contributed by atoms with Crippen molar-refractivity contribution in [3.05, 3.63) is 194 Å². The van der Waals surface area contributed by atoms with Crippen LogP contribution in [0.25, 0.3) is 105 Å². The Labute approximate surface area is 317 Å². The van der Waals surface area contributed by atoms with Gasteiger partial charge in [0.2, 0.25) is 0 Å². The zero-order chi connectivity index (χ0) is 36.3. The predicted molar refractivity (Wildman–Crippen MR) is 228 cm³/mol. The monoisotopic (exact) mass is 700 g/mol. The van der Waals surface area contributed by atoms with Crippen LogP contribution < -0.4 is 0 Å². The zero-order valence-electron chi connectivity index (χ0n) is 29.8. The van der Waals surface area contributed by atoms with Crippen LogP contribution in [0, 0.1) is 0 Å². The minimum absolute atomic E-state index is 0.712. The lowest BCUT2D eigenvalue weighted by Gasteiger charge is -2.14. The largest absolute Gasteiger partial charge is 0.309 e. The maximum Gasteiger partial charge on any atom is 0.160 e. The van der Waals surface area contributed by atoms with Crippen LogP contribution >= 0.6 is 0 Å². The van der Waals surface area contributed by atoms with Crippen molar-refractivity contribution in [2.45, 2.75) is 0 Å². The van der Waals surface area contributed by atoms with E-state index in [0.29, 0.717) is 5.82 Å². The van der Waals surface area contributed by atoms with Crippen molar-refractivity contribution in [3.63, 3.8) is 0 Å².